The van der Waals surface area contributed by atoms with Gasteiger partial charge in [0, 0.05) is 24.7 Å². The maximum atomic E-state index is 13.8. The second-order valence-electron chi connectivity index (χ2n) is 9.57. The number of benzene rings is 3. The number of aryl methyl sites for hydroxylation is 1. The molecule has 0 radical (unpaired) electrons. The third kappa shape index (κ3) is 5.31. The van der Waals surface area contributed by atoms with E-state index < -0.39 is 11.2 Å². The Kier molecular flexibility index (Phi) is 7.51. The van der Waals surface area contributed by atoms with Crippen LogP contribution in [0.1, 0.15) is 27.0 Å². The second kappa shape index (κ2) is 11.2. The molecule has 1 aliphatic heterocycles. The van der Waals surface area contributed by atoms with E-state index in [0.29, 0.717) is 54.3 Å². The summed E-state index contributed by atoms with van der Waals surface area (Å²) in [7, 11) is 3.02. The number of nitrogens with zero attached hydrogens (tertiary/aromatic N) is 3. The van der Waals surface area contributed by atoms with Gasteiger partial charge in [0.2, 0.25) is 0 Å². The van der Waals surface area contributed by atoms with Crippen molar-refractivity contribution in [3.8, 4) is 11.5 Å². The van der Waals surface area contributed by atoms with E-state index >= 15 is 0 Å². The molecule has 202 valence electrons. The number of morpholine rings is 1. The Hall–Kier alpha value is -4.37. The fourth-order valence-corrected chi connectivity index (χ4v) is 4.91. The molecule has 0 N–H and O–H groups in total. The summed E-state index contributed by atoms with van der Waals surface area (Å²) in [5.41, 5.74) is 2.90. The van der Waals surface area contributed by atoms with Gasteiger partial charge >= 0.3 is 5.69 Å². The molecule has 1 aromatic heterocycles. The molecule has 0 saturated carbocycles. The van der Waals surface area contributed by atoms with Crippen LogP contribution in [0, 0.1) is 6.92 Å². The summed E-state index contributed by atoms with van der Waals surface area (Å²) < 4.78 is 19.0. The number of fused-ring (bicyclic) bond motifs is 1. The minimum Gasteiger partial charge on any atom is -0.493 e. The van der Waals surface area contributed by atoms with Crippen molar-refractivity contribution in [3.05, 3.63) is 104 Å². The van der Waals surface area contributed by atoms with Gasteiger partial charge in [-0.2, -0.15) is 0 Å². The van der Waals surface area contributed by atoms with E-state index in [4.69, 9.17) is 14.2 Å². The zero-order chi connectivity index (χ0) is 27.5. The molecule has 1 aliphatic rings. The fourth-order valence-electron chi connectivity index (χ4n) is 4.91. The molecule has 0 spiro atoms. The number of hydrogen-bond donors (Lipinski definition) is 0. The molecule has 9 nitrogen and oxygen atoms in total. The van der Waals surface area contributed by atoms with Crippen LogP contribution in [-0.4, -0.2) is 60.5 Å². The maximum absolute atomic E-state index is 13.8. The minimum atomic E-state index is -0.435. The SMILES string of the molecule is COc1cc2c(=O)n(Cc3ccc(C(=O)N4CCOCC4)cc3)c(=O)n(Cc3cccc(C)c3)c2cc1OC. The molecule has 4 aromatic rings. The number of amides is 1. The van der Waals surface area contributed by atoms with Crippen LogP contribution in [0.4, 0.5) is 0 Å². The number of rotatable bonds is 7. The molecule has 5 rings (SSSR count). The number of methoxy groups -OCH3 is 2. The molecule has 0 bridgehead atoms. The summed E-state index contributed by atoms with van der Waals surface area (Å²) in [6.07, 6.45) is 0. The van der Waals surface area contributed by atoms with E-state index in [-0.39, 0.29) is 19.0 Å². The van der Waals surface area contributed by atoms with Gasteiger partial charge in [-0.05, 0) is 36.2 Å². The molecule has 3 aromatic carbocycles. The van der Waals surface area contributed by atoms with E-state index in [9.17, 15) is 14.4 Å². The maximum Gasteiger partial charge on any atom is 0.332 e. The first kappa shape index (κ1) is 26.2. The lowest BCUT2D eigenvalue weighted by molar-refractivity contribution is 0.0303. The minimum absolute atomic E-state index is 0.0573. The molecule has 0 unspecified atom stereocenters. The van der Waals surface area contributed by atoms with Crippen LogP contribution in [-0.2, 0) is 17.8 Å². The van der Waals surface area contributed by atoms with Crippen molar-refractivity contribution in [2.75, 3.05) is 40.5 Å². The predicted molar refractivity (Wildman–Crippen MR) is 148 cm³/mol. The van der Waals surface area contributed by atoms with Gasteiger partial charge in [0.05, 0.1) is 51.4 Å². The average molecular weight is 530 g/mol. The monoisotopic (exact) mass is 529 g/mol. The summed E-state index contributed by atoms with van der Waals surface area (Å²) in [5, 5.41) is 0.346. The lowest BCUT2D eigenvalue weighted by Gasteiger charge is -2.26. The topological polar surface area (TPSA) is 92.0 Å². The highest BCUT2D eigenvalue weighted by Gasteiger charge is 2.20. The summed E-state index contributed by atoms with van der Waals surface area (Å²) in [6.45, 7) is 4.50. The second-order valence-corrected chi connectivity index (χ2v) is 9.57. The molecular weight excluding hydrogens is 498 g/mol. The highest BCUT2D eigenvalue weighted by molar-refractivity contribution is 5.94. The normalized spacial score (nSPS) is 13.5. The predicted octanol–water partition coefficient (Wildman–Crippen LogP) is 3.06. The first-order valence-corrected chi connectivity index (χ1v) is 12.8. The molecule has 0 atom stereocenters. The van der Waals surface area contributed by atoms with Crippen LogP contribution in [0.15, 0.2) is 70.3 Å². The summed E-state index contributed by atoms with van der Waals surface area (Å²) in [5.74, 6) is 0.773. The van der Waals surface area contributed by atoms with Crippen molar-refractivity contribution in [2.45, 2.75) is 20.0 Å². The summed E-state index contributed by atoms with van der Waals surface area (Å²) >= 11 is 0. The molecular formula is C30H31N3O6. The Morgan fingerprint density at radius 1 is 0.846 bits per heavy atom. The molecule has 1 saturated heterocycles. The molecule has 0 aliphatic carbocycles. The number of ether oxygens (including phenoxy) is 3. The van der Waals surface area contributed by atoms with Crippen LogP contribution < -0.4 is 20.7 Å². The van der Waals surface area contributed by atoms with Gasteiger partial charge in [-0.1, -0.05) is 42.0 Å². The highest BCUT2D eigenvalue weighted by atomic mass is 16.5. The van der Waals surface area contributed by atoms with Gasteiger partial charge in [-0.3, -0.25) is 18.7 Å². The lowest BCUT2D eigenvalue weighted by atomic mass is 10.1. The van der Waals surface area contributed by atoms with E-state index in [0.717, 1.165) is 16.7 Å². The van der Waals surface area contributed by atoms with Crippen LogP contribution in [0.2, 0.25) is 0 Å². The van der Waals surface area contributed by atoms with Crippen LogP contribution in [0.25, 0.3) is 10.9 Å². The van der Waals surface area contributed by atoms with Gasteiger partial charge in [0.25, 0.3) is 11.5 Å². The van der Waals surface area contributed by atoms with Gasteiger partial charge in [0.1, 0.15) is 0 Å². The Balaban J connectivity index is 1.57. The number of carbonyl (C=O) groups excluding carboxylic acids is 1. The zero-order valence-corrected chi connectivity index (χ0v) is 22.3. The van der Waals surface area contributed by atoms with E-state index in [1.807, 2.05) is 31.2 Å². The van der Waals surface area contributed by atoms with Crippen LogP contribution >= 0.6 is 0 Å². The zero-order valence-electron chi connectivity index (χ0n) is 22.3. The van der Waals surface area contributed by atoms with Gasteiger partial charge in [-0.25, -0.2) is 4.79 Å². The Morgan fingerprint density at radius 2 is 1.51 bits per heavy atom. The fraction of sp³-hybridized carbons (Fsp3) is 0.300. The largest absolute Gasteiger partial charge is 0.493 e. The smallest absolute Gasteiger partial charge is 0.332 e. The van der Waals surface area contributed by atoms with Crippen molar-refractivity contribution in [3.63, 3.8) is 0 Å². The van der Waals surface area contributed by atoms with Gasteiger partial charge in [-0.15, -0.1) is 0 Å². The third-order valence-corrected chi connectivity index (χ3v) is 6.99. The van der Waals surface area contributed by atoms with Crippen LogP contribution in [0.3, 0.4) is 0 Å². The van der Waals surface area contributed by atoms with Crippen molar-refractivity contribution >= 4 is 16.8 Å². The Morgan fingerprint density at radius 3 is 2.18 bits per heavy atom. The standard InChI is InChI=1S/C30H31N3O6/c1-20-5-4-6-22(15-20)19-32-25-17-27(38-3)26(37-2)16-24(25)29(35)33(30(32)36)18-21-7-9-23(10-8-21)28(34)31-11-13-39-14-12-31/h4-10,15-17H,11-14,18-19H2,1-3H3. The molecule has 2 heterocycles. The quantitative estimate of drug-likeness (QED) is 0.366. The summed E-state index contributed by atoms with van der Waals surface area (Å²) in [6, 6.07) is 18.2. The van der Waals surface area contributed by atoms with E-state index in [1.165, 1.54) is 18.8 Å². The Labute approximate surface area is 225 Å². The van der Waals surface area contributed by atoms with Gasteiger partial charge in [0.15, 0.2) is 11.5 Å². The highest BCUT2D eigenvalue weighted by Crippen LogP contribution is 2.30. The molecule has 1 fully saturated rings. The lowest BCUT2D eigenvalue weighted by Crippen LogP contribution is -2.41. The van der Waals surface area contributed by atoms with E-state index in [2.05, 4.69) is 0 Å². The van der Waals surface area contributed by atoms with Crippen molar-refractivity contribution in [1.29, 1.82) is 0 Å². The number of carbonyl (C=O) groups is 1. The van der Waals surface area contributed by atoms with Crippen LogP contribution in [0.5, 0.6) is 11.5 Å². The van der Waals surface area contributed by atoms with E-state index in [1.54, 1.807) is 45.9 Å². The molecule has 9 heteroatoms. The third-order valence-electron chi connectivity index (χ3n) is 6.99. The van der Waals surface area contributed by atoms with Crippen molar-refractivity contribution in [2.24, 2.45) is 0 Å². The Bertz CT molecular complexity index is 1630. The van der Waals surface area contributed by atoms with Crippen molar-refractivity contribution < 1.29 is 19.0 Å². The van der Waals surface area contributed by atoms with Gasteiger partial charge < -0.3 is 19.1 Å². The molecule has 39 heavy (non-hydrogen) atoms. The number of aromatic nitrogens is 2. The summed E-state index contributed by atoms with van der Waals surface area (Å²) in [4.78, 5) is 42.0. The first-order chi connectivity index (χ1) is 18.9. The average Bonchev–Trinajstić information content (AvgIpc) is 2.97. The first-order valence-electron chi connectivity index (χ1n) is 12.8. The molecule has 1 amide bonds. The van der Waals surface area contributed by atoms with Crippen molar-refractivity contribution in [1.82, 2.24) is 14.0 Å². The number of hydrogen-bond acceptors (Lipinski definition) is 6.